The molecule has 7 nitrogen and oxygen atoms in total. The zero-order chi connectivity index (χ0) is 22.3. The number of halogens is 3. The van der Waals surface area contributed by atoms with Gasteiger partial charge in [-0.3, -0.25) is 14.8 Å². The van der Waals surface area contributed by atoms with Crippen LogP contribution in [-0.2, 0) is 19.1 Å². The first-order valence-electron chi connectivity index (χ1n) is 9.12. The normalized spacial score (nSPS) is 15.5. The molecular formula is C20H23Cl3N2O5. The maximum absolute atomic E-state index is 11.4. The number of hydrogen-bond donors (Lipinski definition) is 0. The topological polar surface area (TPSA) is 68.3 Å². The third kappa shape index (κ3) is 5.97. The lowest BCUT2D eigenvalue weighted by molar-refractivity contribution is -0.135. The van der Waals surface area contributed by atoms with Gasteiger partial charge in [-0.2, -0.15) is 0 Å². The van der Waals surface area contributed by atoms with Gasteiger partial charge >= 0.3 is 5.97 Å². The van der Waals surface area contributed by atoms with Gasteiger partial charge in [0.25, 0.3) is 0 Å². The summed E-state index contributed by atoms with van der Waals surface area (Å²) in [7, 11) is 2.68. The zero-order valence-electron chi connectivity index (χ0n) is 16.9. The molecule has 0 radical (unpaired) electrons. The van der Waals surface area contributed by atoms with Gasteiger partial charge in [0.15, 0.2) is 0 Å². The molecule has 0 atom stereocenters. The lowest BCUT2D eigenvalue weighted by Gasteiger charge is -2.37. The van der Waals surface area contributed by atoms with E-state index in [1.165, 1.54) is 20.3 Å². The molecule has 10 heteroatoms. The molecule has 2 rings (SSSR count). The fourth-order valence-corrected chi connectivity index (χ4v) is 3.70. The lowest BCUT2D eigenvalue weighted by Crippen LogP contribution is -2.44. The largest absolute Gasteiger partial charge is 0.497 e. The number of methoxy groups -OCH3 is 2. The molecule has 0 saturated carbocycles. The summed E-state index contributed by atoms with van der Waals surface area (Å²) in [6.45, 7) is 2.98. The zero-order valence-corrected chi connectivity index (χ0v) is 19.2. The molecule has 1 saturated heterocycles. The van der Waals surface area contributed by atoms with E-state index in [2.05, 4.69) is 4.74 Å². The molecule has 0 aliphatic carbocycles. The second-order valence-electron chi connectivity index (χ2n) is 6.40. The van der Waals surface area contributed by atoms with Gasteiger partial charge in [0.1, 0.15) is 23.3 Å². The molecule has 1 aliphatic heterocycles. The summed E-state index contributed by atoms with van der Waals surface area (Å²) in [6, 6.07) is 3.20. The minimum Gasteiger partial charge on any atom is -0.497 e. The van der Waals surface area contributed by atoms with Crippen molar-refractivity contribution in [3.63, 3.8) is 0 Å². The van der Waals surface area contributed by atoms with E-state index in [1.54, 1.807) is 29.1 Å². The fourth-order valence-electron chi connectivity index (χ4n) is 2.84. The summed E-state index contributed by atoms with van der Waals surface area (Å²) in [5, 5.41) is 4.32. The molecule has 1 aromatic rings. The molecule has 30 heavy (non-hydrogen) atoms. The molecule has 1 amide bonds. The van der Waals surface area contributed by atoms with Gasteiger partial charge in [0.05, 0.1) is 25.3 Å². The van der Waals surface area contributed by atoms with Crippen LogP contribution in [0.2, 0.25) is 10.0 Å². The van der Waals surface area contributed by atoms with Crippen molar-refractivity contribution in [1.82, 2.24) is 10.0 Å². The Morgan fingerprint density at radius 2 is 1.83 bits per heavy atom. The lowest BCUT2D eigenvalue weighted by atomic mass is 10.1. The minimum atomic E-state index is -0.565. The van der Waals surface area contributed by atoms with E-state index >= 15 is 0 Å². The Morgan fingerprint density at radius 3 is 2.47 bits per heavy atom. The van der Waals surface area contributed by atoms with Crippen molar-refractivity contribution in [3.8, 4) is 5.75 Å². The highest BCUT2D eigenvalue weighted by Crippen LogP contribution is 2.37. The van der Waals surface area contributed by atoms with Crippen LogP contribution in [0.25, 0.3) is 5.57 Å². The fraction of sp³-hybridized carbons (Fsp3) is 0.400. The van der Waals surface area contributed by atoms with Gasteiger partial charge in [-0.1, -0.05) is 34.8 Å². The van der Waals surface area contributed by atoms with Crippen LogP contribution < -0.4 is 4.74 Å². The number of rotatable bonds is 8. The second kappa shape index (κ2) is 11.3. The SMILES string of the molecule is COC(=O)/C=C(\COc1cc(/C(C)=C(\Cl)N2CCCCN2C=O)c(Cl)cc1Cl)OC. The molecule has 1 heterocycles. The van der Waals surface area contributed by atoms with Crippen LogP contribution in [-0.4, -0.2) is 56.3 Å². The Bertz CT molecular complexity index is 857. The number of ether oxygens (including phenoxy) is 3. The number of carbonyl (C=O) groups excluding carboxylic acids is 2. The van der Waals surface area contributed by atoms with Crippen molar-refractivity contribution in [3.05, 3.63) is 44.7 Å². The molecule has 0 spiro atoms. The van der Waals surface area contributed by atoms with Crippen molar-refractivity contribution in [2.75, 3.05) is 33.9 Å². The number of esters is 1. The van der Waals surface area contributed by atoms with E-state index in [4.69, 9.17) is 44.3 Å². The predicted molar refractivity (Wildman–Crippen MR) is 116 cm³/mol. The third-order valence-corrected chi connectivity index (χ3v) is 5.60. The molecule has 1 aromatic carbocycles. The van der Waals surface area contributed by atoms with Gasteiger partial charge in [-0.25, -0.2) is 4.79 Å². The average molecular weight is 478 g/mol. The highest BCUT2D eigenvalue weighted by molar-refractivity contribution is 6.37. The van der Waals surface area contributed by atoms with E-state index in [9.17, 15) is 9.59 Å². The van der Waals surface area contributed by atoms with Crippen molar-refractivity contribution >= 4 is 52.8 Å². The van der Waals surface area contributed by atoms with E-state index in [0.717, 1.165) is 19.3 Å². The number of hydrogen-bond acceptors (Lipinski definition) is 6. The summed E-state index contributed by atoms with van der Waals surface area (Å²) < 4.78 is 15.4. The van der Waals surface area contributed by atoms with E-state index in [-0.39, 0.29) is 17.4 Å². The smallest absolute Gasteiger partial charge is 0.334 e. The molecule has 1 fully saturated rings. The standard InChI is InChI=1S/C20H23Cl3N2O5/c1-13(20(23)25-7-5-4-6-24(25)12-26)15-9-18(17(22)10-16(15)21)30-11-14(28-2)8-19(27)29-3/h8-10,12H,4-7,11H2,1-3H3/b14-8+,20-13+. The number of hydrazine groups is 1. The Labute approximate surface area is 190 Å². The van der Waals surface area contributed by atoms with Crippen molar-refractivity contribution < 1.29 is 23.8 Å². The van der Waals surface area contributed by atoms with Crippen molar-refractivity contribution in [1.29, 1.82) is 0 Å². The van der Waals surface area contributed by atoms with Crippen molar-refractivity contribution in [2.45, 2.75) is 19.8 Å². The van der Waals surface area contributed by atoms with Crippen LogP contribution in [0.3, 0.4) is 0 Å². The van der Waals surface area contributed by atoms with Crippen LogP contribution in [0.5, 0.6) is 5.75 Å². The highest BCUT2D eigenvalue weighted by Gasteiger charge is 2.23. The Hall–Kier alpha value is -2.09. The third-order valence-electron chi connectivity index (χ3n) is 4.51. The Morgan fingerprint density at radius 1 is 1.13 bits per heavy atom. The molecule has 164 valence electrons. The van der Waals surface area contributed by atoms with Crippen LogP contribution in [0, 0.1) is 0 Å². The highest BCUT2D eigenvalue weighted by atomic mass is 35.5. The van der Waals surface area contributed by atoms with Crippen molar-refractivity contribution in [2.24, 2.45) is 0 Å². The summed E-state index contributed by atoms with van der Waals surface area (Å²) in [6.07, 6.45) is 3.77. The maximum Gasteiger partial charge on any atom is 0.334 e. The maximum atomic E-state index is 11.4. The molecule has 0 N–H and O–H groups in total. The summed E-state index contributed by atoms with van der Waals surface area (Å²) in [4.78, 5) is 22.8. The van der Waals surface area contributed by atoms with E-state index in [0.29, 0.717) is 40.2 Å². The monoisotopic (exact) mass is 476 g/mol. The van der Waals surface area contributed by atoms with E-state index < -0.39 is 5.97 Å². The van der Waals surface area contributed by atoms with Gasteiger partial charge in [0.2, 0.25) is 6.41 Å². The van der Waals surface area contributed by atoms with Gasteiger partial charge < -0.3 is 14.2 Å². The quantitative estimate of drug-likeness (QED) is 0.181. The number of carbonyl (C=O) groups is 2. The number of allylic oxidation sites excluding steroid dienone is 1. The summed E-state index contributed by atoms with van der Waals surface area (Å²) in [5.41, 5.74) is 1.27. The molecule has 0 unspecified atom stereocenters. The molecule has 0 aromatic heterocycles. The number of benzene rings is 1. The Kier molecular flexibility index (Phi) is 9.14. The first-order chi connectivity index (χ1) is 14.3. The first-order valence-corrected chi connectivity index (χ1v) is 10.3. The minimum absolute atomic E-state index is 0.0477. The molecule has 1 aliphatic rings. The van der Waals surface area contributed by atoms with Crippen LogP contribution >= 0.6 is 34.8 Å². The number of nitrogens with zero attached hydrogens (tertiary/aromatic N) is 2. The molecular weight excluding hydrogens is 455 g/mol. The molecule has 0 bridgehead atoms. The Balaban J connectivity index is 2.32. The van der Waals surface area contributed by atoms with Gasteiger partial charge in [-0.05, 0) is 37.5 Å². The van der Waals surface area contributed by atoms with E-state index in [1.807, 2.05) is 0 Å². The van der Waals surface area contributed by atoms with Crippen LogP contribution in [0.4, 0.5) is 0 Å². The average Bonchev–Trinajstić information content (AvgIpc) is 2.76. The van der Waals surface area contributed by atoms with Crippen LogP contribution in [0.1, 0.15) is 25.3 Å². The first kappa shape index (κ1) is 24.2. The summed E-state index contributed by atoms with van der Waals surface area (Å²) in [5.74, 6) is 0.0263. The predicted octanol–water partition coefficient (Wildman–Crippen LogP) is 4.47. The van der Waals surface area contributed by atoms with Gasteiger partial charge in [-0.15, -0.1) is 0 Å². The summed E-state index contributed by atoms with van der Waals surface area (Å²) >= 11 is 19.3. The van der Waals surface area contributed by atoms with Gasteiger partial charge in [0, 0.05) is 23.7 Å². The second-order valence-corrected chi connectivity index (χ2v) is 7.58. The van der Waals surface area contributed by atoms with Crippen LogP contribution in [0.15, 0.2) is 29.1 Å². The number of amides is 1.